The summed E-state index contributed by atoms with van der Waals surface area (Å²) in [5.74, 6) is -0.274. The smallest absolute Gasteiger partial charge is 0.307 e. The van der Waals surface area contributed by atoms with E-state index in [4.69, 9.17) is 14.9 Å². The number of nitrogens with zero attached hydrogens (tertiary/aromatic N) is 1. The number of fused-ring (bicyclic) bond motifs is 1. The van der Waals surface area contributed by atoms with Gasteiger partial charge < -0.3 is 14.9 Å². The molecule has 0 radical (unpaired) electrons. The van der Waals surface area contributed by atoms with Crippen LogP contribution in [0.4, 0.5) is 0 Å². The van der Waals surface area contributed by atoms with Crippen molar-refractivity contribution in [1.29, 1.82) is 0 Å². The third-order valence-electron chi connectivity index (χ3n) is 3.29. The second-order valence-electron chi connectivity index (χ2n) is 5.17. The van der Waals surface area contributed by atoms with Gasteiger partial charge in [0.05, 0.1) is 6.21 Å². The second-order valence-corrected chi connectivity index (χ2v) is 5.17. The van der Waals surface area contributed by atoms with Gasteiger partial charge in [-0.05, 0) is 42.0 Å². The lowest BCUT2D eigenvalue weighted by Gasteiger charge is -2.03. The Morgan fingerprint density at radius 3 is 2.64 bits per heavy atom. The highest BCUT2D eigenvalue weighted by molar-refractivity contribution is 5.96. The highest BCUT2D eigenvalue weighted by atomic mass is 16.5. The predicted octanol–water partition coefficient (Wildman–Crippen LogP) is 2.06. The van der Waals surface area contributed by atoms with E-state index >= 15 is 0 Å². The Hall–Kier alpha value is -3.61. The monoisotopic (exact) mass is 337 g/mol. The standard InChI is InChI=1S/C18H15N3O4/c19-17(22)11-24-14-7-5-12(6-8-14)10-20-21-18(23)16-9-13-3-1-2-4-15(13)25-16/h1-10H,11H2,(H2,19,22)(H,21,23)/b20-10+. The van der Waals surface area contributed by atoms with Crippen LogP contribution in [0.1, 0.15) is 16.1 Å². The summed E-state index contributed by atoms with van der Waals surface area (Å²) < 4.78 is 10.6. The molecule has 2 amide bonds. The molecule has 0 aliphatic heterocycles. The van der Waals surface area contributed by atoms with E-state index in [2.05, 4.69) is 10.5 Å². The number of hydrogen-bond acceptors (Lipinski definition) is 5. The third-order valence-corrected chi connectivity index (χ3v) is 3.29. The van der Waals surface area contributed by atoms with E-state index in [1.54, 1.807) is 36.4 Å². The van der Waals surface area contributed by atoms with Gasteiger partial charge in [-0.3, -0.25) is 9.59 Å². The van der Waals surface area contributed by atoms with Gasteiger partial charge in [-0.15, -0.1) is 0 Å². The molecule has 0 aliphatic rings. The molecule has 0 aliphatic carbocycles. The van der Waals surface area contributed by atoms with Crippen LogP contribution in [-0.2, 0) is 4.79 Å². The fourth-order valence-electron chi connectivity index (χ4n) is 2.12. The van der Waals surface area contributed by atoms with Crippen molar-refractivity contribution in [2.45, 2.75) is 0 Å². The number of rotatable bonds is 6. The minimum atomic E-state index is -0.543. The Morgan fingerprint density at radius 1 is 1.16 bits per heavy atom. The Kier molecular flexibility index (Phi) is 4.75. The first-order valence-corrected chi connectivity index (χ1v) is 7.45. The van der Waals surface area contributed by atoms with Gasteiger partial charge >= 0.3 is 5.91 Å². The molecule has 0 spiro atoms. The van der Waals surface area contributed by atoms with Crippen LogP contribution in [0.15, 0.2) is 64.1 Å². The zero-order chi connectivity index (χ0) is 17.6. The summed E-state index contributed by atoms with van der Waals surface area (Å²) in [7, 11) is 0. The molecule has 0 bridgehead atoms. The highest BCUT2D eigenvalue weighted by Gasteiger charge is 2.10. The van der Waals surface area contributed by atoms with Crippen molar-refractivity contribution in [3.63, 3.8) is 0 Å². The van der Waals surface area contributed by atoms with Crippen LogP contribution in [0.2, 0.25) is 0 Å². The molecule has 1 aromatic heterocycles. The summed E-state index contributed by atoms with van der Waals surface area (Å²) >= 11 is 0. The average Bonchev–Trinajstić information content (AvgIpc) is 3.05. The zero-order valence-electron chi connectivity index (χ0n) is 13.1. The summed E-state index contributed by atoms with van der Waals surface area (Å²) in [5.41, 5.74) is 8.80. The van der Waals surface area contributed by atoms with Gasteiger partial charge in [0.1, 0.15) is 11.3 Å². The first-order valence-electron chi connectivity index (χ1n) is 7.45. The van der Waals surface area contributed by atoms with Gasteiger partial charge in [-0.1, -0.05) is 18.2 Å². The number of para-hydroxylation sites is 1. The van der Waals surface area contributed by atoms with Gasteiger partial charge in [-0.25, -0.2) is 5.43 Å². The largest absolute Gasteiger partial charge is 0.484 e. The molecular formula is C18H15N3O4. The van der Waals surface area contributed by atoms with Crippen molar-refractivity contribution in [1.82, 2.24) is 5.43 Å². The summed E-state index contributed by atoms with van der Waals surface area (Å²) in [5, 5.41) is 4.74. The van der Waals surface area contributed by atoms with Crippen LogP contribution in [0.25, 0.3) is 11.0 Å². The molecule has 0 saturated heterocycles. The Balaban J connectivity index is 1.58. The van der Waals surface area contributed by atoms with Crippen molar-refractivity contribution in [2.24, 2.45) is 10.8 Å². The normalized spacial score (nSPS) is 10.9. The molecule has 25 heavy (non-hydrogen) atoms. The van der Waals surface area contributed by atoms with Gasteiger partial charge in [0.2, 0.25) is 0 Å². The summed E-state index contributed by atoms with van der Waals surface area (Å²) in [6.07, 6.45) is 1.48. The van der Waals surface area contributed by atoms with Crippen molar-refractivity contribution in [3.8, 4) is 5.75 Å². The van der Waals surface area contributed by atoms with Crippen LogP contribution in [-0.4, -0.2) is 24.6 Å². The van der Waals surface area contributed by atoms with E-state index < -0.39 is 11.8 Å². The van der Waals surface area contributed by atoms with Gasteiger partial charge in [0.15, 0.2) is 12.4 Å². The van der Waals surface area contributed by atoms with Gasteiger partial charge in [0.25, 0.3) is 5.91 Å². The van der Waals surface area contributed by atoms with Crippen LogP contribution in [0, 0.1) is 0 Å². The van der Waals surface area contributed by atoms with Crippen molar-refractivity contribution in [3.05, 3.63) is 65.9 Å². The molecule has 3 aromatic rings. The zero-order valence-corrected chi connectivity index (χ0v) is 13.1. The first-order chi connectivity index (χ1) is 12.1. The van der Waals surface area contributed by atoms with E-state index in [-0.39, 0.29) is 12.4 Å². The molecule has 0 unspecified atom stereocenters. The number of ether oxygens (including phenoxy) is 1. The molecule has 1 heterocycles. The average molecular weight is 337 g/mol. The summed E-state index contributed by atoms with van der Waals surface area (Å²) in [6.45, 7) is -0.180. The predicted molar refractivity (Wildman–Crippen MR) is 92.4 cm³/mol. The van der Waals surface area contributed by atoms with Crippen molar-refractivity contribution in [2.75, 3.05) is 6.61 Å². The van der Waals surface area contributed by atoms with E-state index in [0.29, 0.717) is 11.3 Å². The number of carbonyl (C=O) groups is 2. The number of nitrogens with one attached hydrogen (secondary N) is 1. The van der Waals surface area contributed by atoms with Crippen LogP contribution < -0.4 is 15.9 Å². The van der Waals surface area contributed by atoms with Crippen molar-refractivity contribution >= 4 is 29.0 Å². The fourth-order valence-corrected chi connectivity index (χ4v) is 2.12. The maximum atomic E-state index is 12.0. The van der Waals surface area contributed by atoms with E-state index in [1.807, 2.05) is 18.2 Å². The summed E-state index contributed by atoms with van der Waals surface area (Å²) in [6, 6.07) is 15.8. The third kappa shape index (κ3) is 4.23. The maximum Gasteiger partial charge on any atom is 0.307 e. The Labute approximate surface area is 143 Å². The molecule has 2 aromatic carbocycles. The number of primary amides is 1. The van der Waals surface area contributed by atoms with Crippen LogP contribution in [0.3, 0.4) is 0 Å². The molecule has 0 atom stereocenters. The number of carbonyl (C=O) groups excluding carboxylic acids is 2. The first kappa shape index (κ1) is 16.3. The Morgan fingerprint density at radius 2 is 1.92 bits per heavy atom. The van der Waals surface area contributed by atoms with Crippen molar-refractivity contribution < 1.29 is 18.7 Å². The second kappa shape index (κ2) is 7.31. The minimum Gasteiger partial charge on any atom is -0.484 e. The van der Waals surface area contributed by atoms with Crippen LogP contribution >= 0.6 is 0 Å². The lowest BCUT2D eigenvalue weighted by Crippen LogP contribution is -2.20. The van der Waals surface area contributed by atoms with E-state index in [1.165, 1.54) is 6.21 Å². The van der Waals surface area contributed by atoms with Gasteiger partial charge in [0, 0.05) is 5.39 Å². The lowest BCUT2D eigenvalue weighted by atomic mass is 10.2. The number of amides is 2. The molecule has 3 N–H and O–H groups in total. The van der Waals surface area contributed by atoms with Crippen LogP contribution in [0.5, 0.6) is 5.75 Å². The number of nitrogens with two attached hydrogens (primary N) is 1. The molecule has 3 rings (SSSR count). The maximum absolute atomic E-state index is 12.0. The van der Waals surface area contributed by atoms with E-state index in [9.17, 15) is 9.59 Å². The topological polar surface area (TPSA) is 107 Å². The molecular weight excluding hydrogens is 322 g/mol. The number of hydrogen-bond donors (Lipinski definition) is 2. The lowest BCUT2D eigenvalue weighted by molar-refractivity contribution is -0.119. The van der Waals surface area contributed by atoms with Gasteiger partial charge in [-0.2, -0.15) is 5.10 Å². The summed E-state index contributed by atoms with van der Waals surface area (Å²) in [4.78, 5) is 22.7. The molecule has 7 heteroatoms. The molecule has 0 saturated carbocycles. The number of furan rings is 1. The fraction of sp³-hybridized carbons (Fsp3) is 0.0556. The number of benzene rings is 2. The Bertz CT molecular complexity index is 896. The highest BCUT2D eigenvalue weighted by Crippen LogP contribution is 2.18. The van der Waals surface area contributed by atoms with E-state index in [0.717, 1.165) is 10.9 Å². The quantitative estimate of drug-likeness (QED) is 0.530. The molecule has 0 fully saturated rings. The molecule has 7 nitrogen and oxygen atoms in total. The number of hydrazone groups is 1. The SMILES string of the molecule is NC(=O)COc1ccc(/C=N/NC(=O)c2cc3ccccc3o2)cc1. The minimum absolute atomic E-state index is 0.180. The molecule has 126 valence electrons.